The van der Waals surface area contributed by atoms with Crippen LogP contribution >= 0.6 is 11.5 Å². The van der Waals surface area contributed by atoms with Gasteiger partial charge in [0.1, 0.15) is 17.8 Å². The standard InChI is InChI=1S/C23H21N3O6S2/c1-30-17-8-7-16(21(12-17)31-2)13-26(23-24-14-25-33-23)34(28,29)18-9-10-19-15(11-18)5-4-6-20(19)22(27)32-3/h4-12,14H,13H2,1-3H3. The fourth-order valence-electron chi connectivity index (χ4n) is 3.51. The van der Waals surface area contributed by atoms with E-state index in [0.29, 0.717) is 33.4 Å². The summed E-state index contributed by atoms with van der Waals surface area (Å²) in [5.41, 5.74) is 0.976. The molecule has 4 rings (SSSR count). The minimum atomic E-state index is -4.05. The molecule has 4 aromatic rings. The van der Waals surface area contributed by atoms with Crippen molar-refractivity contribution in [2.24, 2.45) is 0 Å². The third kappa shape index (κ3) is 4.39. The van der Waals surface area contributed by atoms with Crippen LogP contribution in [0.4, 0.5) is 5.13 Å². The van der Waals surface area contributed by atoms with Crippen LogP contribution in [0.5, 0.6) is 11.5 Å². The molecule has 0 atom stereocenters. The predicted molar refractivity (Wildman–Crippen MR) is 128 cm³/mol. The summed E-state index contributed by atoms with van der Waals surface area (Å²) in [7, 11) is 0.288. The topological polar surface area (TPSA) is 108 Å². The van der Waals surface area contributed by atoms with Gasteiger partial charge >= 0.3 is 5.97 Å². The first kappa shape index (κ1) is 23.5. The molecule has 0 fully saturated rings. The third-order valence-corrected chi connectivity index (χ3v) is 7.75. The molecule has 9 nitrogen and oxygen atoms in total. The van der Waals surface area contributed by atoms with Crippen molar-refractivity contribution in [2.75, 3.05) is 25.6 Å². The molecule has 11 heteroatoms. The van der Waals surface area contributed by atoms with E-state index in [1.165, 1.54) is 44.1 Å². The van der Waals surface area contributed by atoms with Gasteiger partial charge in [-0.1, -0.05) is 18.2 Å². The predicted octanol–water partition coefficient (Wildman–Crippen LogP) is 3.89. The Morgan fingerprint density at radius 1 is 1.03 bits per heavy atom. The van der Waals surface area contributed by atoms with Crippen LogP contribution in [0.15, 0.2) is 65.8 Å². The van der Waals surface area contributed by atoms with E-state index in [1.54, 1.807) is 42.5 Å². The van der Waals surface area contributed by atoms with Crippen molar-refractivity contribution in [1.29, 1.82) is 0 Å². The molecule has 0 unspecified atom stereocenters. The highest BCUT2D eigenvalue weighted by Crippen LogP contribution is 2.32. The van der Waals surface area contributed by atoms with E-state index in [9.17, 15) is 13.2 Å². The van der Waals surface area contributed by atoms with Crippen molar-refractivity contribution >= 4 is 43.4 Å². The Labute approximate surface area is 200 Å². The zero-order valence-electron chi connectivity index (χ0n) is 18.6. The van der Waals surface area contributed by atoms with Gasteiger partial charge in [-0.05, 0) is 41.1 Å². The number of rotatable bonds is 8. The lowest BCUT2D eigenvalue weighted by Gasteiger charge is -2.23. The molecule has 0 bridgehead atoms. The lowest BCUT2D eigenvalue weighted by Crippen LogP contribution is -2.30. The van der Waals surface area contributed by atoms with Crippen LogP contribution in [0.3, 0.4) is 0 Å². The highest BCUT2D eigenvalue weighted by atomic mass is 32.2. The number of fused-ring (bicyclic) bond motifs is 1. The molecule has 1 heterocycles. The Balaban J connectivity index is 1.80. The minimum absolute atomic E-state index is 0.0368. The molecule has 0 saturated heterocycles. The number of hydrogen-bond donors (Lipinski definition) is 0. The SMILES string of the molecule is COC(=O)c1cccc2cc(S(=O)(=O)N(Cc3ccc(OC)cc3OC)c3ncns3)ccc12. The molecular weight excluding hydrogens is 478 g/mol. The van der Waals surface area contributed by atoms with Crippen LogP contribution in [-0.4, -0.2) is 45.1 Å². The number of aromatic nitrogens is 2. The molecule has 0 aliphatic heterocycles. The number of benzene rings is 3. The third-order valence-electron chi connectivity index (χ3n) is 5.22. The van der Waals surface area contributed by atoms with Crippen LogP contribution in [0, 0.1) is 0 Å². The van der Waals surface area contributed by atoms with Crippen molar-refractivity contribution in [2.45, 2.75) is 11.4 Å². The van der Waals surface area contributed by atoms with Crippen molar-refractivity contribution in [1.82, 2.24) is 9.36 Å². The Kier molecular flexibility index (Phi) is 6.66. The normalized spacial score (nSPS) is 11.3. The van der Waals surface area contributed by atoms with E-state index in [-0.39, 0.29) is 16.6 Å². The highest BCUT2D eigenvalue weighted by Gasteiger charge is 2.29. The molecule has 34 heavy (non-hydrogen) atoms. The Morgan fingerprint density at radius 3 is 2.53 bits per heavy atom. The summed E-state index contributed by atoms with van der Waals surface area (Å²) in [6.07, 6.45) is 1.30. The van der Waals surface area contributed by atoms with Gasteiger partial charge in [0.2, 0.25) is 5.13 Å². The van der Waals surface area contributed by atoms with Gasteiger partial charge in [-0.2, -0.15) is 4.37 Å². The fourth-order valence-corrected chi connectivity index (χ4v) is 5.67. The number of methoxy groups -OCH3 is 3. The second kappa shape index (κ2) is 9.65. The molecule has 0 saturated carbocycles. The summed E-state index contributed by atoms with van der Waals surface area (Å²) >= 11 is 0.965. The second-order valence-corrected chi connectivity index (χ2v) is 9.71. The van der Waals surface area contributed by atoms with E-state index in [2.05, 4.69) is 9.36 Å². The Morgan fingerprint density at radius 2 is 1.85 bits per heavy atom. The second-order valence-electron chi connectivity index (χ2n) is 7.09. The summed E-state index contributed by atoms with van der Waals surface area (Å²) in [4.78, 5) is 16.3. The van der Waals surface area contributed by atoms with Gasteiger partial charge in [0, 0.05) is 23.2 Å². The monoisotopic (exact) mass is 499 g/mol. The van der Waals surface area contributed by atoms with E-state index in [1.807, 2.05) is 0 Å². The van der Waals surface area contributed by atoms with Crippen LogP contribution in [-0.2, 0) is 21.3 Å². The van der Waals surface area contributed by atoms with E-state index in [0.717, 1.165) is 11.5 Å². The number of nitrogens with zero attached hydrogens (tertiary/aromatic N) is 3. The molecule has 1 aromatic heterocycles. The van der Waals surface area contributed by atoms with Crippen molar-refractivity contribution < 1.29 is 27.4 Å². The van der Waals surface area contributed by atoms with E-state index < -0.39 is 16.0 Å². The summed E-state index contributed by atoms with van der Waals surface area (Å²) in [5, 5.41) is 1.39. The Hall–Kier alpha value is -3.70. The van der Waals surface area contributed by atoms with Gasteiger partial charge in [-0.15, -0.1) is 0 Å². The zero-order chi connectivity index (χ0) is 24.3. The summed E-state index contributed by atoms with van der Waals surface area (Å²) in [5.74, 6) is 0.565. The first-order chi connectivity index (χ1) is 16.4. The van der Waals surface area contributed by atoms with Crippen LogP contribution < -0.4 is 13.8 Å². The molecule has 0 N–H and O–H groups in total. The first-order valence-corrected chi connectivity index (χ1v) is 12.2. The van der Waals surface area contributed by atoms with Gasteiger partial charge < -0.3 is 14.2 Å². The Bertz CT molecular complexity index is 1440. The van der Waals surface area contributed by atoms with Crippen LogP contribution in [0.25, 0.3) is 10.8 Å². The highest BCUT2D eigenvalue weighted by molar-refractivity contribution is 7.93. The number of carbonyl (C=O) groups excluding carboxylic acids is 1. The number of esters is 1. The van der Waals surface area contributed by atoms with Crippen LogP contribution in [0.1, 0.15) is 15.9 Å². The maximum Gasteiger partial charge on any atom is 0.338 e. The largest absolute Gasteiger partial charge is 0.497 e. The summed E-state index contributed by atoms with van der Waals surface area (Å²) in [6.45, 7) is -0.0368. The summed E-state index contributed by atoms with van der Waals surface area (Å²) < 4.78 is 48.2. The molecule has 0 aliphatic rings. The summed E-state index contributed by atoms with van der Waals surface area (Å²) in [6, 6.07) is 14.8. The lowest BCUT2D eigenvalue weighted by molar-refractivity contribution is 0.0603. The molecule has 0 radical (unpaired) electrons. The quantitative estimate of drug-likeness (QED) is 0.336. The van der Waals surface area contributed by atoms with Gasteiger partial charge in [0.15, 0.2) is 0 Å². The number of hydrogen-bond acceptors (Lipinski definition) is 9. The van der Waals surface area contributed by atoms with E-state index in [4.69, 9.17) is 14.2 Å². The molecule has 0 spiro atoms. The average Bonchev–Trinajstić information content (AvgIpc) is 3.40. The van der Waals surface area contributed by atoms with Crippen LogP contribution in [0.2, 0.25) is 0 Å². The number of sulfonamides is 1. The van der Waals surface area contributed by atoms with Crippen molar-refractivity contribution in [3.63, 3.8) is 0 Å². The first-order valence-electron chi connectivity index (χ1n) is 10.0. The molecule has 176 valence electrons. The van der Waals surface area contributed by atoms with Crippen molar-refractivity contribution in [3.8, 4) is 11.5 Å². The maximum absolute atomic E-state index is 13.8. The molecular formula is C23H21N3O6S2. The smallest absolute Gasteiger partial charge is 0.338 e. The average molecular weight is 500 g/mol. The van der Waals surface area contributed by atoms with E-state index >= 15 is 0 Å². The number of anilines is 1. The van der Waals surface area contributed by atoms with Gasteiger partial charge in [-0.3, -0.25) is 0 Å². The molecule has 0 amide bonds. The number of carbonyl (C=O) groups is 1. The lowest BCUT2D eigenvalue weighted by atomic mass is 10.0. The zero-order valence-corrected chi connectivity index (χ0v) is 20.2. The molecule has 3 aromatic carbocycles. The minimum Gasteiger partial charge on any atom is -0.497 e. The van der Waals surface area contributed by atoms with Gasteiger partial charge in [0.25, 0.3) is 10.0 Å². The van der Waals surface area contributed by atoms with Crippen molar-refractivity contribution in [3.05, 3.63) is 72.1 Å². The maximum atomic E-state index is 13.8. The molecule has 0 aliphatic carbocycles. The van der Waals surface area contributed by atoms with Gasteiger partial charge in [-0.25, -0.2) is 22.5 Å². The number of ether oxygens (including phenoxy) is 3. The fraction of sp³-hybridized carbons (Fsp3) is 0.174. The van der Waals surface area contributed by atoms with Gasteiger partial charge in [0.05, 0.1) is 38.3 Å².